The fourth-order valence-electron chi connectivity index (χ4n) is 3.64. The summed E-state index contributed by atoms with van der Waals surface area (Å²) in [5.41, 5.74) is 1.34. The van der Waals surface area contributed by atoms with Gasteiger partial charge in [-0.3, -0.25) is 4.79 Å². The molecule has 22 heavy (non-hydrogen) atoms. The number of thiocarbonyl (C=S) groups is 1. The van der Waals surface area contributed by atoms with Gasteiger partial charge in [-0.25, -0.2) is 4.99 Å². The van der Waals surface area contributed by atoms with Crippen LogP contribution in [0.15, 0.2) is 29.3 Å². The lowest BCUT2D eigenvalue weighted by Gasteiger charge is -2.45. The Labute approximate surface area is 136 Å². The molecule has 0 radical (unpaired) electrons. The molecule has 2 unspecified atom stereocenters. The van der Waals surface area contributed by atoms with E-state index in [0.717, 1.165) is 36.3 Å². The number of Topliss-reactive ketones (excluding diaryl/α,β-unsaturated/α-hetero) is 1. The summed E-state index contributed by atoms with van der Waals surface area (Å²) >= 11 is 5.27. The minimum atomic E-state index is -0.560. The number of hydrogen-bond acceptors (Lipinski definition) is 3. The summed E-state index contributed by atoms with van der Waals surface area (Å²) in [5.74, 6) is 1.08. The molecule has 116 valence electrons. The largest absolute Gasteiger partial charge is 0.497 e. The third kappa shape index (κ3) is 2.33. The number of benzene rings is 1. The lowest BCUT2D eigenvalue weighted by molar-refractivity contribution is -0.128. The first-order valence-corrected chi connectivity index (χ1v) is 8.02. The zero-order valence-electron chi connectivity index (χ0n) is 12.9. The molecular weight excluding hydrogens is 296 g/mol. The molecule has 0 bridgehead atoms. The Morgan fingerprint density at radius 3 is 2.68 bits per heavy atom. The van der Waals surface area contributed by atoms with Crippen LogP contribution in [0.5, 0.6) is 5.75 Å². The highest BCUT2D eigenvalue weighted by Crippen LogP contribution is 2.46. The average molecular weight is 316 g/mol. The first-order chi connectivity index (χ1) is 10.6. The molecule has 3 rings (SSSR count). The topological polar surface area (TPSA) is 50.7 Å². The van der Waals surface area contributed by atoms with Crippen LogP contribution in [0.25, 0.3) is 0 Å². The van der Waals surface area contributed by atoms with E-state index in [4.69, 9.17) is 17.0 Å². The highest BCUT2D eigenvalue weighted by atomic mass is 32.1. The Kier molecular flexibility index (Phi) is 4.00. The van der Waals surface area contributed by atoms with E-state index in [0.29, 0.717) is 11.5 Å². The van der Waals surface area contributed by atoms with Gasteiger partial charge in [-0.1, -0.05) is 18.6 Å². The SMILES string of the molecule is COc1ccc(C2NC(=S)N=C(C)C23CCCCC3=O)cc1. The second-order valence-corrected chi connectivity index (χ2v) is 6.34. The molecule has 0 aromatic heterocycles. The zero-order valence-corrected chi connectivity index (χ0v) is 13.7. The summed E-state index contributed by atoms with van der Waals surface area (Å²) in [6, 6.07) is 7.70. The maximum Gasteiger partial charge on any atom is 0.193 e. The highest BCUT2D eigenvalue weighted by Gasteiger charge is 2.51. The molecule has 1 aromatic carbocycles. The van der Waals surface area contributed by atoms with Crippen molar-refractivity contribution in [3.8, 4) is 5.75 Å². The summed E-state index contributed by atoms with van der Waals surface area (Å²) in [6.07, 6.45) is 3.45. The van der Waals surface area contributed by atoms with Gasteiger partial charge in [0.15, 0.2) is 5.11 Å². The van der Waals surface area contributed by atoms with Crippen molar-refractivity contribution in [1.29, 1.82) is 0 Å². The van der Waals surface area contributed by atoms with E-state index in [1.165, 1.54) is 0 Å². The number of carbonyl (C=O) groups excluding carboxylic acids is 1. The Morgan fingerprint density at radius 2 is 2.05 bits per heavy atom. The van der Waals surface area contributed by atoms with E-state index in [-0.39, 0.29) is 11.8 Å². The fourth-order valence-corrected chi connectivity index (χ4v) is 3.90. The van der Waals surface area contributed by atoms with Gasteiger partial charge < -0.3 is 10.1 Å². The van der Waals surface area contributed by atoms with Crippen LogP contribution in [-0.4, -0.2) is 23.7 Å². The van der Waals surface area contributed by atoms with Crippen LogP contribution in [0.2, 0.25) is 0 Å². The minimum Gasteiger partial charge on any atom is -0.497 e. The molecule has 1 N–H and O–H groups in total. The van der Waals surface area contributed by atoms with Crippen molar-refractivity contribution in [3.05, 3.63) is 29.8 Å². The van der Waals surface area contributed by atoms with Crippen LogP contribution in [0.3, 0.4) is 0 Å². The van der Waals surface area contributed by atoms with E-state index in [1.807, 2.05) is 31.2 Å². The average Bonchev–Trinajstić information content (AvgIpc) is 2.53. The van der Waals surface area contributed by atoms with Gasteiger partial charge in [-0.2, -0.15) is 0 Å². The molecule has 1 aromatic rings. The van der Waals surface area contributed by atoms with Crippen LogP contribution in [0.4, 0.5) is 0 Å². The number of rotatable bonds is 2. The summed E-state index contributed by atoms with van der Waals surface area (Å²) in [5, 5.41) is 3.73. The van der Waals surface area contributed by atoms with Crippen molar-refractivity contribution in [1.82, 2.24) is 5.32 Å². The molecule has 1 aliphatic carbocycles. The standard InChI is InChI=1S/C17H20N2O2S/c1-11-17(10-4-3-5-14(17)20)15(19-16(22)18-11)12-6-8-13(21-2)9-7-12/h6-9,15H,3-5,10H2,1-2H3,(H,19,22). The zero-order chi connectivity index (χ0) is 15.7. The van der Waals surface area contributed by atoms with E-state index in [2.05, 4.69) is 10.3 Å². The quantitative estimate of drug-likeness (QED) is 0.851. The predicted molar refractivity (Wildman–Crippen MR) is 90.5 cm³/mol. The molecule has 5 heteroatoms. The summed E-state index contributed by atoms with van der Waals surface area (Å²) in [7, 11) is 1.64. The van der Waals surface area contributed by atoms with E-state index in [1.54, 1.807) is 7.11 Å². The van der Waals surface area contributed by atoms with E-state index in [9.17, 15) is 4.79 Å². The predicted octanol–water partition coefficient (Wildman–Crippen LogP) is 3.21. The van der Waals surface area contributed by atoms with Crippen LogP contribution in [-0.2, 0) is 4.79 Å². The number of ketones is 1. The second-order valence-electron chi connectivity index (χ2n) is 5.95. The van der Waals surface area contributed by atoms with Crippen LogP contribution in [0.1, 0.15) is 44.2 Å². The second kappa shape index (κ2) is 5.80. The van der Waals surface area contributed by atoms with Crippen molar-refractivity contribution in [2.75, 3.05) is 7.11 Å². The lowest BCUT2D eigenvalue weighted by Crippen LogP contribution is -2.54. The molecule has 2 aliphatic rings. The van der Waals surface area contributed by atoms with E-state index >= 15 is 0 Å². The molecular formula is C17H20N2O2S. The Hall–Kier alpha value is -1.75. The first-order valence-electron chi connectivity index (χ1n) is 7.61. The van der Waals surface area contributed by atoms with Crippen molar-refractivity contribution in [2.45, 2.75) is 38.6 Å². The molecule has 1 spiro atoms. The molecule has 4 nitrogen and oxygen atoms in total. The smallest absolute Gasteiger partial charge is 0.193 e. The lowest BCUT2D eigenvalue weighted by atomic mass is 9.63. The summed E-state index contributed by atoms with van der Waals surface area (Å²) < 4.78 is 5.22. The van der Waals surface area contributed by atoms with Crippen molar-refractivity contribution in [2.24, 2.45) is 10.4 Å². The molecule has 2 atom stereocenters. The van der Waals surface area contributed by atoms with Crippen LogP contribution < -0.4 is 10.1 Å². The van der Waals surface area contributed by atoms with Gasteiger partial charge in [0.05, 0.1) is 18.6 Å². The van der Waals surface area contributed by atoms with Gasteiger partial charge in [0.2, 0.25) is 0 Å². The van der Waals surface area contributed by atoms with Crippen molar-refractivity contribution < 1.29 is 9.53 Å². The Balaban J connectivity index is 2.07. The van der Waals surface area contributed by atoms with Gasteiger partial charge in [0, 0.05) is 12.1 Å². The Bertz CT molecular complexity index is 639. The van der Waals surface area contributed by atoms with Crippen LogP contribution >= 0.6 is 12.2 Å². The number of carbonyl (C=O) groups is 1. The monoisotopic (exact) mass is 316 g/mol. The maximum atomic E-state index is 12.8. The summed E-state index contributed by atoms with van der Waals surface area (Å²) in [4.78, 5) is 17.2. The van der Waals surface area contributed by atoms with Crippen molar-refractivity contribution in [3.63, 3.8) is 0 Å². The minimum absolute atomic E-state index is 0.142. The molecule has 0 saturated heterocycles. The maximum absolute atomic E-state index is 12.8. The Morgan fingerprint density at radius 1 is 1.32 bits per heavy atom. The van der Waals surface area contributed by atoms with Crippen LogP contribution in [0, 0.1) is 5.41 Å². The normalized spacial score (nSPS) is 28.3. The van der Waals surface area contributed by atoms with Gasteiger partial charge in [-0.05, 0) is 49.7 Å². The number of nitrogens with one attached hydrogen (secondary N) is 1. The van der Waals surface area contributed by atoms with Gasteiger partial charge in [-0.15, -0.1) is 0 Å². The third-order valence-electron chi connectivity index (χ3n) is 4.85. The third-order valence-corrected chi connectivity index (χ3v) is 5.06. The highest BCUT2D eigenvalue weighted by molar-refractivity contribution is 7.80. The summed E-state index contributed by atoms with van der Waals surface area (Å²) in [6.45, 7) is 1.94. The molecule has 1 heterocycles. The van der Waals surface area contributed by atoms with Crippen molar-refractivity contribution >= 4 is 28.8 Å². The number of methoxy groups -OCH3 is 1. The molecule has 1 fully saturated rings. The molecule has 0 amide bonds. The number of ether oxygens (including phenoxy) is 1. The fraction of sp³-hybridized carbons (Fsp3) is 0.471. The first kappa shape index (κ1) is 15.2. The van der Waals surface area contributed by atoms with E-state index < -0.39 is 5.41 Å². The number of aliphatic imine (C=N–C) groups is 1. The number of hydrogen-bond donors (Lipinski definition) is 1. The molecule has 1 aliphatic heterocycles. The molecule has 1 saturated carbocycles. The van der Waals surface area contributed by atoms with Gasteiger partial charge in [0.25, 0.3) is 0 Å². The van der Waals surface area contributed by atoms with Gasteiger partial charge in [0.1, 0.15) is 11.5 Å². The van der Waals surface area contributed by atoms with Gasteiger partial charge >= 0.3 is 0 Å². The number of nitrogens with zero attached hydrogens (tertiary/aromatic N) is 1.